The molecule has 0 N–H and O–H groups in total. The van der Waals surface area contributed by atoms with Crippen LogP contribution >= 0.6 is 0 Å². The number of hydrogen-bond acceptors (Lipinski definition) is 5. The average molecular weight is 246 g/mol. The summed E-state index contributed by atoms with van der Waals surface area (Å²) >= 11 is 0. The molecular weight excluding hydrogens is 224 g/mol. The molecule has 0 unspecified atom stereocenters. The van der Waals surface area contributed by atoms with Gasteiger partial charge in [0.05, 0.1) is 11.9 Å². The number of carboxylic acids is 2. The summed E-state index contributed by atoms with van der Waals surface area (Å²) in [4.78, 5) is 19.0. The molecule has 0 aliphatic heterocycles. The van der Waals surface area contributed by atoms with Crippen molar-refractivity contribution in [3.8, 4) is 0 Å². The van der Waals surface area contributed by atoms with E-state index in [4.69, 9.17) is 0 Å². The molecule has 0 rings (SSSR count). The summed E-state index contributed by atoms with van der Waals surface area (Å²) in [6.07, 6.45) is 0. The molecule has 0 radical (unpaired) electrons. The molecule has 0 aromatic heterocycles. The van der Waals surface area contributed by atoms with Crippen molar-refractivity contribution in [2.75, 3.05) is 14.2 Å². The van der Waals surface area contributed by atoms with Crippen LogP contribution in [-0.2, 0) is 14.3 Å². The quantitative estimate of drug-likeness (QED) is 0.635. The first-order valence-corrected chi connectivity index (χ1v) is 4.84. The largest absolute Gasteiger partial charge is 0.545 e. The minimum Gasteiger partial charge on any atom is -0.545 e. The first kappa shape index (κ1) is 24.6. The Bertz CT molecular complexity index is 183. The zero-order chi connectivity index (χ0) is 15.0. The second-order valence-corrected chi connectivity index (χ2v) is 2.54. The van der Waals surface area contributed by atoms with Gasteiger partial charge in [-0.3, -0.25) is 0 Å². The van der Waals surface area contributed by atoms with E-state index in [1.54, 1.807) is 14.2 Å². The molecule has 17 heavy (non-hydrogen) atoms. The molecule has 0 aliphatic rings. The SMILES string of the molecule is C=C(C)C(=O)[O-].C=C(C)C(=O)[O-].CC.COC. The second-order valence-electron chi connectivity index (χ2n) is 2.54. The number of hydrogen-bond donors (Lipinski definition) is 0. The van der Waals surface area contributed by atoms with E-state index in [1.807, 2.05) is 13.8 Å². The monoisotopic (exact) mass is 246 g/mol. The van der Waals surface area contributed by atoms with Crippen molar-refractivity contribution in [2.24, 2.45) is 0 Å². The first-order chi connectivity index (χ1) is 7.70. The Balaban J connectivity index is -0.0000000727. The Morgan fingerprint density at radius 1 is 0.882 bits per heavy atom. The van der Waals surface area contributed by atoms with Crippen LogP contribution in [-0.4, -0.2) is 26.2 Å². The summed E-state index contributed by atoms with van der Waals surface area (Å²) in [5.41, 5.74) is 0.130. The molecule has 0 amide bonds. The Morgan fingerprint density at radius 3 is 0.941 bits per heavy atom. The summed E-state index contributed by atoms with van der Waals surface area (Å²) < 4.78 is 4.25. The van der Waals surface area contributed by atoms with Gasteiger partial charge in [-0.1, -0.05) is 27.0 Å². The lowest BCUT2D eigenvalue weighted by Gasteiger charge is -1.93. The summed E-state index contributed by atoms with van der Waals surface area (Å²) in [5, 5.41) is 19.0. The minimum atomic E-state index is -1.19. The number of carbonyl (C=O) groups is 2. The smallest absolute Gasteiger partial charge is 0.0666 e. The second kappa shape index (κ2) is 19.9. The Labute approximate surface area is 103 Å². The zero-order valence-corrected chi connectivity index (χ0v) is 11.5. The maximum absolute atomic E-state index is 9.49. The Kier molecular flexibility index (Phi) is 28.7. The van der Waals surface area contributed by atoms with Gasteiger partial charge in [0, 0.05) is 14.2 Å². The van der Waals surface area contributed by atoms with Crippen LogP contribution in [0, 0.1) is 0 Å². The Hall–Kier alpha value is -1.62. The van der Waals surface area contributed by atoms with Gasteiger partial charge in [-0.2, -0.15) is 0 Å². The first-order valence-electron chi connectivity index (χ1n) is 4.84. The lowest BCUT2D eigenvalue weighted by molar-refractivity contribution is -0.300. The fourth-order valence-corrected chi connectivity index (χ4v) is 0. The summed E-state index contributed by atoms with van der Waals surface area (Å²) in [6, 6.07) is 0. The third kappa shape index (κ3) is 54.1. The molecule has 0 saturated carbocycles. The van der Waals surface area contributed by atoms with Crippen LogP contribution in [0.3, 0.4) is 0 Å². The minimum absolute atomic E-state index is 0.0648. The van der Waals surface area contributed by atoms with Crippen molar-refractivity contribution in [3.63, 3.8) is 0 Å². The van der Waals surface area contributed by atoms with Gasteiger partial charge in [0.25, 0.3) is 0 Å². The third-order valence-corrected chi connectivity index (χ3v) is 0.697. The van der Waals surface area contributed by atoms with Crippen LogP contribution in [0.15, 0.2) is 24.3 Å². The normalized spacial score (nSPS) is 6.71. The van der Waals surface area contributed by atoms with Crippen LogP contribution in [0.1, 0.15) is 27.7 Å². The molecule has 102 valence electrons. The summed E-state index contributed by atoms with van der Waals surface area (Å²) in [6.45, 7) is 13.0. The molecule has 0 aromatic rings. The Morgan fingerprint density at radius 2 is 0.941 bits per heavy atom. The highest BCUT2D eigenvalue weighted by molar-refractivity contribution is 5.83. The molecule has 0 heterocycles. The van der Waals surface area contributed by atoms with E-state index >= 15 is 0 Å². The molecule has 0 aromatic carbocycles. The highest BCUT2D eigenvalue weighted by Crippen LogP contribution is 1.77. The maximum atomic E-state index is 9.49. The molecule has 0 saturated heterocycles. The average Bonchev–Trinajstić information content (AvgIpc) is 2.22. The topological polar surface area (TPSA) is 89.5 Å². The van der Waals surface area contributed by atoms with Crippen molar-refractivity contribution in [2.45, 2.75) is 27.7 Å². The van der Waals surface area contributed by atoms with Crippen LogP contribution in [0.25, 0.3) is 0 Å². The molecule has 5 nitrogen and oxygen atoms in total. The fraction of sp³-hybridized carbons (Fsp3) is 0.500. The number of carboxylic acid groups (broad SMARTS) is 2. The van der Waals surface area contributed by atoms with E-state index in [0.29, 0.717) is 0 Å². The predicted molar refractivity (Wildman–Crippen MR) is 63.9 cm³/mol. The van der Waals surface area contributed by atoms with Gasteiger partial charge in [-0.15, -0.1) is 0 Å². The predicted octanol–water partition coefficient (Wildman–Crippen LogP) is -0.0864. The lowest BCUT2D eigenvalue weighted by Crippen LogP contribution is -2.22. The fourth-order valence-electron chi connectivity index (χ4n) is 0. The van der Waals surface area contributed by atoms with Gasteiger partial charge in [0.2, 0.25) is 0 Å². The highest BCUT2D eigenvalue weighted by atomic mass is 16.4. The molecule has 0 bridgehead atoms. The highest BCUT2D eigenvalue weighted by Gasteiger charge is 1.76. The van der Waals surface area contributed by atoms with Gasteiger partial charge < -0.3 is 24.5 Å². The van der Waals surface area contributed by atoms with Gasteiger partial charge >= 0.3 is 0 Å². The van der Waals surface area contributed by atoms with Gasteiger partial charge in [0.15, 0.2) is 0 Å². The van der Waals surface area contributed by atoms with E-state index in [9.17, 15) is 19.8 Å². The van der Waals surface area contributed by atoms with Crippen molar-refractivity contribution in [1.82, 2.24) is 0 Å². The van der Waals surface area contributed by atoms with Crippen LogP contribution in [0.5, 0.6) is 0 Å². The number of carbonyl (C=O) groups excluding carboxylic acids is 2. The van der Waals surface area contributed by atoms with E-state index in [1.165, 1.54) is 13.8 Å². The van der Waals surface area contributed by atoms with Crippen molar-refractivity contribution in [1.29, 1.82) is 0 Å². The van der Waals surface area contributed by atoms with E-state index in [0.717, 1.165) is 0 Å². The molecular formula is C12H22O5-2. The number of rotatable bonds is 2. The third-order valence-electron chi connectivity index (χ3n) is 0.697. The van der Waals surface area contributed by atoms with Crippen molar-refractivity contribution >= 4 is 11.9 Å². The standard InChI is InChI=1S/2C4H6O2.C2H6O.C2H6/c2*1-3(2)4(5)6;1-3-2;1-2/h2*1H2,2H3,(H,5,6);1-2H3;1-2H3/p-2. The maximum Gasteiger partial charge on any atom is 0.0666 e. The van der Waals surface area contributed by atoms with Gasteiger partial charge in [-0.25, -0.2) is 0 Å². The lowest BCUT2D eigenvalue weighted by atomic mass is 10.4. The molecule has 0 fully saturated rings. The van der Waals surface area contributed by atoms with E-state index in [-0.39, 0.29) is 11.1 Å². The zero-order valence-electron chi connectivity index (χ0n) is 11.5. The summed E-state index contributed by atoms with van der Waals surface area (Å²) in [5.74, 6) is -2.37. The van der Waals surface area contributed by atoms with E-state index in [2.05, 4.69) is 17.9 Å². The van der Waals surface area contributed by atoms with Gasteiger partial charge in [-0.05, 0) is 25.0 Å². The number of ether oxygens (including phenoxy) is 1. The van der Waals surface area contributed by atoms with Crippen LogP contribution < -0.4 is 10.2 Å². The molecule has 0 atom stereocenters. The van der Waals surface area contributed by atoms with Gasteiger partial charge in [0.1, 0.15) is 0 Å². The molecule has 0 spiro atoms. The number of methoxy groups -OCH3 is 1. The van der Waals surface area contributed by atoms with E-state index < -0.39 is 11.9 Å². The van der Waals surface area contributed by atoms with Crippen molar-refractivity contribution < 1.29 is 24.5 Å². The van der Waals surface area contributed by atoms with Crippen molar-refractivity contribution in [3.05, 3.63) is 24.3 Å². The number of aliphatic carboxylic acids is 2. The van der Waals surface area contributed by atoms with Crippen LogP contribution in [0.4, 0.5) is 0 Å². The molecule has 5 heteroatoms. The van der Waals surface area contributed by atoms with Crippen LogP contribution in [0.2, 0.25) is 0 Å². The summed E-state index contributed by atoms with van der Waals surface area (Å²) in [7, 11) is 3.25. The molecule has 0 aliphatic carbocycles.